The Balaban J connectivity index is 2.45. The summed E-state index contributed by atoms with van der Waals surface area (Å²) in [5, 5.41) is 12.9. The number of rotatable bonds is 4. The fraction of sp³-hybridized carbons (Fsp3) is 0.667. The Bertz CT molecular complexity index is 243. The van der Waals surface area contributed by atoms with Gasteiger partial charge in [0.15, 0.2) is 0 Å². The van der Waals surface area contributed by atoms with Gasteiger partial charge in [0.1, 0.15) is 0 Å². The quantitative estimate of drug-likeness (QED) is 0.687. The van der Waals surface area contributed by atoms with E-state index in [4.69, 9.17) is 5.11 Å². The highest BCUT2D eigenvalue weighted by atomic mass is 16.2. The van der Waals surface area contributed by atoms with Gasteiger partial charge in [0.2, 0.25) is 0 Å². The third kappa shape index (κ3) is 2.34. The van der Waals surface area contributed by atoms with Gasteiger partial charge in [-0.1, -0.05) is 0 Å². The maximum absolute atomic E-state index is 8.59. The lowest BCUT2D eigenvalue weighted by Crippen LogP contribution is -2.03. The highest BCUT2D eigenvalue weighted by Crippen LogP contribution is 2.03. The lowest BCUT2D eigenvalue weighted by Gasteiger charge is -2.02. The van der Waals surface area contributed by atoms with Gasteiger partial charge in [-0.25, -0.2) is 0 Å². The lowest BCUT2D eigenvalue weighted by molar-refractivity contribution is 0.280. The molecule has 1 aromatic rings. The Kier molecular flexibility index (Phi) is 3.29. The summed E-state index contributed by atoms with van der Waals surface area (Å²) in [7, 11) is 0. The number of unbranched alkanes of at least 4 members (excludes halogenated alkanes) is 1. The maximum Gasteiger partial charge on any atom is 0.0596 e. The van der Waals surface area contributed by atoms with Crippen LogP contribution in [-0.4, -0.2) is 21.5 Å². The van der Waals surface area contributed by atoms with Crippen LogP contribution in [0.2, 0.25) is 0 Å². The van der Waals surface area contributed by atoms with Crippen LogP contribution in [0.3, 0.4) is 0 Å². The first-order chi connectivity index (χ1) is 5.74. The molecule has 0 spiro atoms. The first-order valence-electron chi connectivity index (χ1n) is 4.36. The summed E-state index contributed by atoms with van der Waals surface area (Å²) >= 11 is 0. The molecule has 0 aliphatic heterocycles. The monoisotopic (exact) mass is 168 g/mol. The molecule has 0 aliphatic carbocycles. The standard InChI is InChI=1S/C9H16N2O/c1-8-7-9(2)11(10-8)5-3-4-6-12/h7,12H,3-6H2,1-2H3. The van der Waals surface area contributed by atoms with Crippen LogP contribution in [-0.2, 0) is 6.54 Å². The van der Waals surface area contributed by atoms with Gasteiger partial charge in [-0.05, 0) is 32.8 Å². The molecule has 0 unspecified atom stereocenters. The Hall–Kier alpha value is -0.830. The van der Waals surface area contributed by atoms with Crippen LogP contribution in [0, 0.1) is 13.8 Å². The minimum absolute atomic E-state index is 0.277. The summed E-state index contributed by atoms with van der Waals surface area (Å²) in [4.78, 5) is 0. The van der Waals surface area contributed by atoms with Crippen LogP contribution in [0.5, 0.6) is 0 Å². The molecule has 0 aromatic carbocycles. The van der Waals surface area contributed by atoms with Crippen molar-refractivity contribution >= 4 is 0 Å². The third-order valence-corrected chi connectivity index (χ3v) is 1.88. The molecule has 3 heteroatoms. The summed E-state index contributed by atoms with van der Waals surface area (Å²) in [5.74, 6) is 0. The molecule has 12 heavy (non-hydrogen) atoms. The van der Waals surface area contributed by atoms with Gasteiger partial charge in [-0.15, -0.1) is 0 Å². The third-order valence-electron chi connectivity index (χ3n) is 1.88. The van der Waals surface area contributed by atoms with Gasteiger partial charge >= 0.3 is 0 Å². The van der Waals surface area contributed by atoms with Crippen molar-refractivity contribution in [1.82, 2.24) is 9.78 Å². The van der Waals surface area contributed by atoms with E-state index in [9.17, 15) is 0 Å². The van der Waals surface area contributed by atoms with Crippen molar-refractivity contribution < 1.29 is 5.11 Å². The number of hydrogen-bond donors (Lipinski definition) is 1. The van der Waals surface area contributed by atoms with Crippen molar-refractivity contribution in [3.63, 3.8) is 0 Å². The smallest absolute Gasteiger partial charge is 0.0596 e. The van der Waals surface area contributed by atoms with Crippen LogP contribution in [0.4, 0.5) is 0 Å². The van der Waals surface area contributed by atoms with Gasteiger partial charge < -0.3 is 5.11 Å². The van der Waals surface area contributed by atoms with Gasteiger partial charge in [0, 0.05) is 18.8 Å². The normalized spacial score (nSPS) is 10.6. The number of aliphatic hydroxyl groups excluding tert-OH is 1. The fourth-order valence-corrected chi connectivity index (χ4v) is 1.27. The zero-order chi connectivity index (χ0) is 8.97. The average molecular weight is 168 g/mol. The molecule has 0 radical (unpaired) electrons. The predicted octanol–water partition coefficient (Wildman–Crippen LogP) is 1.27. The summed E-state index contributed by atoms with van der Waals surface area (Å²) in [5.41, 5.74) is 2.27. The summed E-state index contributed by atoms with van der Waals surface area (Å²) in [6, 6.07) is 2.07. The molecule has 0 saturated carbocycles. The highest BCUT2D eigenvalue weighted by molar-refractivity contribution is 5.06. The second-order valence-electron chi connectivity index (χ2n) is 3.08. The largest absolute Gasteiger partial charge is 0.396 e. The number of aliphatic hydroxyl groups is 1. The number of aryl methyl sites for hydroxylation is 3. The van der Waals surface area contributed by atoms with E-state index in [1.165, 1.54) is 5.69 Å². The van der Waals surface area contributed by atoms with Crippen LogP contribution in [0.1, 0.15) is 24.2 Å². The number of hydrogen-bond acceptors (Lipinski definition) is 2. The number of nitrogens with zero attached hydrogens (tertiary/aromatic N) is 2. The zero-order valence-corrected chi connectivity index (χ0v) is 7.75. The summed E-state index contributed by atoms with van der Waals surface area (Å²) in [6.07, 6.45) is 1.86. The van der Waals surface area contributed by atoms with E-state index >= 15 is 0 Å². The summed E-state index contributed by atoms with van der Waals surface area (Å²) < 4.78 is 1.99. The molecule has 68 valence electrons. The van der Waals surface area contributed by atoms with E-state index in [-0.39, 0.29) is 6.61 Å². The van der Waals surface area contributed by atoms with Gasteiger partial charge in [-0.2, -0.15) is 5.10 Å². The van der Waals surface area contributed by atoms with Crippen molar-refractivity contribution in [1.29, 1.82) is 0 Å². The molecule has 0 aliphatic rings. The molecule has 3 nitrogen and oxygen atoms in total. The Morgan fingerprint density at radius 2 is 2.17 bits per heavy atom. The first kappa shape index (κ1) is 9.26. The van der Waals surface area contributed by atoms with Crippen molar-refractivity contribution in [2.45, 2.75) is 33.2 Å². The van der Waals surface area contributed by atoms with Gasteiger partial charge in [0.25, 0.3) is 0 Å². The molecule has 1 rings (SSSR count). The minimum atomic E-state index is 0.277. The van der Waals surface area contributed by atoms with Crippen LogP contribution >= 0.6 is 0 Å². The topological polar surface area (TPSA) is 38.0 Å². The number of aromatic nitrogens is 2. The SMILES string of the molecule is Cc1cc(C)n(CCCCO)n1. The van der Waals surface area contributed by atoms with E-state index in [1.54, 1.807) is 0 Å². The Morgan fingerprint density at radius 3 is 2.67 bits per heavy atom. The van der Waals surface area contributed by atoms with E-state index < -0.39 is 0 Å². The van der Waals surface area contributed by atoms with Gasteiger partial charge in [-0.3, -0.25) is 4.68 Å². The molecular formula is C9H16N2O. The Labute approximate surface area is 73.0 Å². The second kappa shape index (κ2) is 4.26. The van der Waals surface area contributed by atoms with E-state index in [0.29, 0.717) is 0 Å². The molecular weight excluding hydrogens is 152 g/mol. The molecule has 1 heterocycles. The maximum atomic E-state index is 8.59. The minimum Gasteiger partial charge on any atom is -0.396 e. The Morgan fingerprint density at radius 1 is 1.42 bits per heavy atom. The van der Waals surface area contributed by atoms with Crippen molar-refractivity contribution in [3.8, 4) is 0 Å². The first-order valence-corrected chi connectivity index (χ1v) is 4.36. The molecule has 0 saturated heterocycles. The van der Waals surface area contributed by atoms with Crippen molar-refractivity contribution in [3.05, 3.63) is 17.5 Å². The molecule has 0 atom stereocenters. The molecule has 0 amide bonds. The summed E-state index contributed by atoms with van der Waals surface area (Å²) in [6.45, 7) is 5.24. The second-order valence-corrected chi connectivity index (χ2v) is 3.08. The lowest BCUT2D eigenvalue weighted by atomic mass is 10.3. The van der Waals surface area contributed by atoms with Crippen LogP contribution < -0.4 is 0 Å². The highest BCUT2D eigenvalue weighted by Gasteiger charge is 1.98. The van der Waals surface area contributed by atoms with Crippen molar-refractivity contribution in [2.24, 2.45) is 0 Å². The van der Waals surface area contributed by atoms with Crippen molar-refractivity contribution in [2.75, 3.05) is 6.61 Å². The van der Waals surface area contributed by atoms with E-state index in [1.807, 2.05) is 11.6 Å². The molecule has 1 N–H and O–H groups in total. The predicted molar refractivity (Wildman–Crippen MR) is 48.0 cm³/mol. The van der Waals surface area contributed by atoms with Crippen LogP contribution in [0.15, 0.2) is 6.07 Å². The van der Waals surface area contributed by atoms with E-state index in [2.05, 4.69) is 18.1 Å². The van der Waals surface area contributed by atoms with Crippen LogP contribution in [0.25, 0.3) is 0 Å². The van der Waals surface area contributed by atoms with Gasteiger partial charge in [0.05, 0.1) is 5.69 Å². The fourth-order valence-electron chi connectivity index (χ4n) is 1.27. The van der Waals surface area contributed by atoms with E-state index in [0.717, 1.165) is 25.1 Å². The molecule has 1 aromatic heterocycles. The average Bonchev–Trinajstić information content (AvgIpc) is 2.31. The molecule has 0 bridgehead atoms. The molecule has 0 fully saturated rings. The zero-order valence-electron chi connectivity index (χ0n) is 7.75.